The second-order valence-electron chi connectivity index (χ2n) is 11.0. The molecule has 2 aromatic rings. The Bertz CT molecular complexity index is 1280. The van der Waals surface area contributed by atoms with Gasteiger partial charge in [-0.05, 0) is 55.4 Å². The molecule has 1 aliphatic carbocycles. The van der Waals surface area contributed by atoms with Gasteiger partial charge in [-0.1, -0.05) is 60.7 Å². The average Bonchev–Trinajstić information content (AvgIpc) is 3.34. The number of ether oxygens (including phenoxy) is 2. The van der Waals surface area contributed by atoms with Gasteiger partial charge in [0.15, 0.2) is 0 Å². The molecule has 3 amide bonds. The van der Waals surface area contributed by atoms with Crippen molar-refractivity contribution in [3.05, 3.63) is 85.0 Å². The summed E-state index contributed by atoms with van der Waals surface area (Å²) < 4.78 is 11.0. The molecule has 0 heterocycles. The summed E-state index contributed by atoms with van der Waals surface area (Å²) in [6.45, 7) is 10.4. The van der Waals surface area contributed by atoms with Crippen LogP contribution in [0, 0.1) is 5.92 Å². The number of aliphatic hydroxyl groups excluding tert-OH is 1. The van der Waals surface area contributed by atoms with Crippen molar-refractivity contribution in [2.24, 2.45) is 5.92 Å². The van der Waals surface area contributed by atoms with Gasteiger partial charge in [-0.3, -0.25) is 9.59 Å². The molecule has 0 unspecified atom stereocenters. The molecule has 0 fully saturated rings. The standard InChI is InChI=1S/C34H43N3O7/c1-5-7-17-30(33(41)43-20-23(4)36-32(40)24(12-6-2)18-31(39)35-22(3)19-38)37-34(42)44-21-29-27-15-10-8-13-25(27)26-14-9-11-16-28(26)29/h5-6,8-11,13-16,22-24,29-30,38H,1-2,7,12,17-21H2,3-4H3,(H,35,39)(H,36,40)(H,37,42)/t22-,23+,24+,30+/m1/s1. The molecule has 0 aromatic heterocycles. The van der Waals surface area contributed by atoms with Crippen molar-refractivity contribution >= 4 is 23.9 Å². The highest BCUT2D eigenvalue weighted by molar-refractivity contribution is 5.86. The van der Waals surface area contributed by atoms with Crippen LogP contribution in [0.15, 0.2) is 73.8 Å². The van der Waals surface area contributed by atoms with Crippen molar-refractivity contribution in [1.29, 1.82) is 0 Å². The molecular formula is C34H43N3O7. The first-order valence-corrected chi connectivity index (χ1v) is 14.9. The quantitative estimate of drug-likeness (QED) is 0.158. The molecule has 44 heavy (non-hydrogen) atoms. The van der Waals surface area contributed by atoms with E-state index in [2.05, 4.69) is 41.2 Å². The van der Waals surface area contributed by atoms with E-state index in [0.717, 1.165) is 22.3 Å². The second-order valence-corrected chi connectivity index (χ2v) is 11.0. The highest BCUT2D eigenvalue weighted by Crippen LogP contribution is 2.44. The van der Waals surface area contributed by atoms with Crippen LogP contribution in [-0.2, 0) is 23.9 Å². The Labute approximate surface area is 258 Å². The van der Waals surface area contributed by atoms with Crippen molar-refractivity contribution < 1.29 is 33.8 Å². The Morgan fingerprint density at radius 2 is 1.52 bits per heavy atom. The third-order valence-electron chi connectivity index (χ3n) is 7.38. The zero-order chi connectivity index (χ0) is 32.1. The Kier molecular flexibility index (Phi) is 13.2. The van der Waals surface area contributed by atoms with Crippen molar-refractivity contribution in [3.8, 4) is 11.1 Å². The van der Waals surface area contributed by atoms with E-state index in [9.17, 15) is 19.2 Å². The van der Waals surface area contributed by atoms with Gasteiger partial charge >= 0.3 is 12.1 Å². The molecule has 4 atom stereocenters. The molecule has 1 aliphatic rings. The van der Waals surface area contributed by atoms with Crippen molar-refractivity contribution in [3.63, 3.8) is 0 Å². The lowest BCUT2D eigenvalue weighted by Crippen LogP contribution is -2.45. The molecule has 10 nitrogen and oxygen atoms in total. The first kappa shape index (κ1) is 34.1. The van der Waals surface area contributed by atoms with Crippen LogP contribution >= 0.6 is 0 Å². The molecular weight excluding hydrogens is 562 g/mol. The zero-order valence-corrected chi connectivity index (χ0v) is 25.4. The number of carbonyl (C=O) groups excluding carboxylic acids is 4. The van der Waals surface area contributed by atoms with Crippen molar-refractivity contribution in [1.82, 2.24) is 16.0 Å². The minimum absolute atomic E-state index is 0.0810. The van der Waals surface area contributed by atoms with Gasteiger partial charge in [0.05, 0.1) is 18.6 Å². The smallest absolute Gasteiger partial charge is 0.407 e. The lowest BCUT2D eigenvalue weighted by Gasteiger charge is -2.22. The molecule has 236 valence electrons. The van der Waals surface area contributed by atoms with Gasteiger partial charge in [0.2, 0.25) is 11.8 Å². The van der Waals surface area contributed by atoms with E-state index in [1.807, 2.05) is 36.4 Å². The van der Waals surface area contributed by atoms with Crippen LogP contribution in [0.5, 0.6) is 0 Å². The van der Waals surface area contributed by atoms with Crippen LogP contribution in [0.2, 0.25) is 0 Å². The minimum atomic E-state index is -0.975. The maximum absolute atomic E-state index is 12.9. The maximum atomic E-state index is 12.9. The molecule has 2 aromatic carbocycles. The predicted molar refractivity (Wildman–Crippen MR) is 168 cm³/mol. The normalized spacial score (nSPS) is 14.5. The number of alkyl carbamates (subject to hydrolysis) is 1. The van der Waals surface area contributed by atoms with Crippen LogP contribution in [0.1, 0.15) is 56.6 Å². The lowest BCUT2D eigenvalue weighted by molar-refractivity contribution is -0.147. The minimum Gasteiger partial charge on any atom is -0.462 e. The highest BCUT2D eigenvalue weighted by atomic mass is 16.6. The number of amides is 3. The van der Waals surface area contributed by atoms with Crippen molar-refractivity contribution in [2.75, 3.05) is 19.8 Å². The van der Waals surface area contributed by atoms with Gasteiger partial charge in [-0.15, -0.1) is 13.2 Å². The summed E-state index contributed by atoms with van der Waals surface area (Å²) in [5, 5.41) is 17.1. The Morgan fingerprint density at radius 3 is 2.11 bits per heavy atom. The van der Waals surface area contributed by atoms with Crippen molar-refractivity contribution in [2.45, 2.75) is 63.6 Å². The van der Waals surface area contributed by atoms with Gasteiger partial charge < -0.3 is 30.5 Å². The fraction of sp³-hybridized carbons (Fsp3) is 0.412. The van der Waals surface area contributed by atoms with Gasteiger partial charge in [0.25, 0.3) is 0 Å². The van der Waals surface area contributed by atoms with E-state index in [0.29, 0.717) is 6.42 Å². The van der Waals surface area contributed by atoms with Gasteiger partial charge in [-0.2, -0.15) is 0 Å². The summed E-state index contributed by atoms with van der Waals surface area (Å²) >= 11 is 0. The van der Waals surface area contributed by atoms with E-state index in [4.69, 9.17) is 14.6 Å². The van der Waals surface area contributed by atoms with E-state index in [-0.39, 0.29) is 56.8 Å². The van der Waals surface area contributed by atoms with Crippen LogP contribution in [-0.4, -0.2) is 66.9 Å². The fourth-order valence-corrected chi connectivity index (χ4v) is 5.11. The summed E-state index contributed by atoms with van der Waals surface area (Å²) in [6.07, 6.45) is 3.36. The summed E-state index contributed by atoms with van der Waals surface area (Å²) in [4.78, 5) is 50.8. The first-order valence-electron chi connectivity index (χ1n) is 14.9. The van der Waals surface area contributed by atoms with Crippen LogP contribution < -0.4 is 16.0 Å². The topological polar surface area (TPSA) is 143 Å². The second kappa shape index (κ2) is 17.0. The number of aliphatic hydroxyl groups is 1. The number of nitrogens with one attached hydrogen (secondary N) is 3. The summed E-state index contributed by atoms with van der Waals surface area (Å²) in [5.41, 5.74) is 4.38. The maximum Gasteiger partial charge on any atom is 0.407 e. The van der Waals surface area contributed by atoms with E-state index in [1.54, 1.807) is 26.0 Å². The molecule has 0 bridgehead atoms. The zero-order valence-electron chi connectivity index (χ0n) is 25.4. The number of benzene rings is 2. The predicted octanol–water partition coefficient (Wildman–Crippen LogP) is 3.99. The molecule has 4 N–H and O–H groups in total. The Hall–Kier alpha value is -4.44. The first-order chi connectivity index (χ1) is 21.2. The fourth-order valence-electron chi connectivity index (χ4n) is 5.11. The van der Waals surface area contributed by atoms with Gasteiger partial charge in [-0.25, -0.2) is 9.59 Å². The molecule has 0 aliphatic heterocycles. The summed E-state index contributed by atoms with van der Waals surface area (Å²) in [7, 11) is 0. The Morgan fingerprint density at radius 1 is 0.886 bits per heavy atom. The SMILES string of the molecule is C=CCC[C@H](NC(=O)OCC1c2ccccc2-c2ccccc21)C(=O)OC[C@H](C)NC(=O)[C@@H](CC=C)CC(=O)N[C@H](C)CO. The number of hydrogen-bond acceptors (Lipinski definition) is 7. The number of allylic oxidation sites excluding steroid dienone is 2. The number of rotatable bonds is 17. The number of fused-ring (bicyclic) bond motifs is 3. The number of esters is 1. The molecule has 0 saturated heterocycles. The average molecular weight is 606 g/mol. The van der Waals surface area contributed by atoms with Gasteiger partial charge in [0.1, 0.15) is 19.3 Å². The molecule has 10 heteroatoms. The molecule has 0 radical (unpaired) electrons. The highest BCUT2D eigenvalue weighted by Gasteiger charge is 2.30. The largest absolute Gasteiger partial charge is 0.462 e. The summed E-state index contributed by atoms with van der Waals surface area (Å²) in [5.74, 6) is -2.21. The lowest BCUT2D eigenvalue weighted by atomic mass is 9.98. The molecule has 0 spiro atoms. The monoisotopic (exact) mass is 605 g/mol. The third-order valence-corrected chi connectivity index (χ3v) is 7.38. The Balaban J connectivity index is 1.52. The molecule has 0 saturated carbocycles. The number of carbonyl (C=O) groups is 4. The van der Waals surface area contributed by atoms with Gasteiger partial charge in [0, 0.05) is 18.4 Å². The van der Waals surface area contributed by atoms with E-state index in [1.165, 1.54) is 0 Å². The van der Waals surface area contributed by atoms with Crippen LogP contribution in [0.3, 0.4) is 0 Å². The van der Waals surface area contributed by atoms with Crippen LogP contribution in [0.25, 0.3) is 11.1 Å². The van der Waals surface area contributed by atoms with E-state index < -0.39 is 36.1 Å². The third kappa shape index (κ3) is 9.54. The van der Waals surface area contributed by atoms with E-state index >= 15 is 0 Å². The number of hydrogen-bond donors (Lipinski definition) is 4. The molecule has 3 rings (SSSR count). The summed E-state index contributed by atoms with van der Waals surface area (Å²) in [6, 6.07) is 14.1. The van der Waals surface area contributed by atoms with Crippen LogP contribution in [0.4, 0.5) is 4.79 Å².